The highest BCUT2D eigenvalue weighted by atomic mass is 32.1. The van der Waals surface area contributed by atoms with Crippen LogP contribution in [0.4, 0.5) is 0 Å². The molecule has 4 aromatic carbocycles. The number of para-hydroxylation sites is 3. The number of imidazole rings is 2. The van der Waals surface area contributed by atoms with E-state index in [1.807, 2.05) is 0 Å². The number of rotatable bonds is 3. The lowest BCUT2D eigenvalue weighted by atomic mass is 10.1. The Balaban J connectivity index is 1.40. The number of nitrogens with zero attached hydrogens (tertiary/aromatic N) is 4. The van der Waals surface area contributed by atoms with Crippen LogP contribution in [0.15, 0.2) is 121 Å². The maximum Gasteiger partial charge on any atom is 0.221 e. The van der Waals surface area contributed by atoms with E-state index in [0.29, 0.717) is 0 Å². The average molecular weight is 481 g/mol. The summed E-state index contributed by atoms with van der Waals surface area (Å²) < 4.78 is 6.84. The summed E-state index contributed by atoms with van der Waals surface area (Å²) >= 11 is 1.75. The molecule has 0 spiro atoms. The van der Waals surface area contributed by atoms with Crippen LogP contribution in [0.3, 0.4) is 0 Å². The second-order valence-electron chi connectivity index (χ2n) is 9.00. The number of hydrogen-bond acceptors (Lipinski definition) is 2. The Labute approximate surface area is 210 Å². The third-order valence-corrected chi connectivity index (χ3v) is 7.93. The van der Waals surface area contributed by atoms with Gasteiger partial charge in [-0.25, -0.2) is 4.98 Å². The molecule has 5 heteroatoms. The highest BCUT2D eigenvalue weighted by Gasteiger charge is 2.20. The van der Waals surface area contributed by atoms with Crippen LogP contribution >= 0.6 is 11.3 Å². The molecule has 8 aromatic rings. The first-order chi connectivity index (χ1) is 17.9. The quantitative estimate of drug-likeness (QED) is 0.251. The Morgan fingerprint density at radius 1 is 0.639 bits per heavy atom. The van der Waals surface area contributed by atoms with Crippen molar-refractivity contribution in [2.24, 2.45) is 0 Å². The average Bonchev–Trinajstić information content (AvgIpc) is 3.68. The normalized spacial score (nSPS) is 11.9. The molecule has 0 atom stereocenters. The van der Waals surface area contributed by atoms with E-state index in [0.717, 1.165) is 33.7 Å². The molecule has 0 aliphatic rings. The number of fused-ring (bicyclic) bond motifs is 6. The first-order valence-electron chi connectivity index (χ1n) is 12.0. The summed E-state index contributed by atoms with van der Waals surface area (Å²) in [5.41, 5.74) is 9.15. The SMILES string of the molecule is c1ccc(-c2csc3c2nc2n(-c4cccc(-n5ccc6ccccc65)c4)c4ccccc4n32)cc1. The van der Waals surface area contributed by atoms with Gasteiger partial charge in [0.2, 0.25) is 5.78 Å². The van der Waals surface area contributed by atoms with Crippen molar-refractivity contribution in [2.75, 3.05) is 0 Å². The maximum absolute atomic E-state index is 5.24. The molecule has 0 aliphatic carbocycles. The third-order valence-electron chi connectivity index (χ3n) is 6.97. The lowest BCUT2D eigenvalue weighted by Crippen LogP contribution is -1.98. The van der Waals surface area contributed by atoms with Gasteiger partial charge in [-0.2, -0.15) is 0 Å². The molecule has 0 saturated carbocycles. The zero-order valence-electron chi connectivity index (χ0n) is 19.2. The molecule has 0 bridgehead atoms. The summed E-state index contributed by atoms with van der Waals surface area (Å²) in [7, 11) is 0. The predicted octanol–water partition coefficient (Wildman–Crippen LogP) is 8.10. The smallest absolute Gasteiger partial charge is 0.221 e. The molecule has 0 N–H and O–H groups in total. The summed E-state index contributed by atoms with van der Waals surface area (Å²) in [6, 6.07) is 38.5. The highest BCUT2D eigenvalue weighted by Crippen LogP contribution is 2.37. The van der Waals surface area contributed by atoms with Crippen molar-refractivity contribution in [1.82, 2.24) is 18.5 Å². The van der Waals surface area contributed by atoms with Crippen molar-refractivity contribution in [1.29, 1.82) is 0 Å². The van der Waals surface area contributed by atoms with E-state index in [2.05, 4.69) is 134 Å². The lowest BCUT2D eigenvalue weighted by Gasteiger charge is -2.10. The van der Waals surface area contributed by atoms with Crippen molar-refractivity contribution >= 4 is 49.4 Å². The molecule has 0 fully saturated rings. The molecule has 4 nitrogen and oxygen atoms in total. The van der Waals surface area contributed by atoms with E-state index < -0.39 is 0 Å². The Bertz CT molecular complexity index is 2050. The molecule has 170 valence electrons. The standard InChI is InChI=1S/C31H20N4S/c1-2-9-21(10-3-1)25-20-36-30-29(25)32-31-34(27-15-6-7-16-28(27)35(30)31)24-13-8-12-23(19-24)33-18-17-22-11-4-5-14-26(22)33/h1-20H. The number of aromatic nitrogens is 4. The molecular weight excluding hydrogens is 460 g/mol. The molecule has 8 rings (SSSR count). The lowest BCUT2D eigenvalue weighted by molar-refractivity contribution is 1.08. The second-order valence-corrected chi connectivity index (χ2v) is 9.86. The molecule has 4 heterocycles. The van der Waals surface area contributed by atoms with Crippen LogP contribution < -0.4 is 0 Å². The first-order valence-corrected chi connectivity index (χ1v) is 12.9. The van der Waals surface area contributed by atoms with Crippen LogP contribution in [0.2, 0.25) is 0 Å². The summed E-state index contributed by atoms with van der Waals surface area (Å²) in [4.78, 5) is 6.41. The minimum atomic E-state index is 0.935. The number of thiophene rings is 1. The maximum atomic E-state index is 5.24. The van der Waals surface area contributed by atoms with Crippen LogP contribution in [-0.2, 0) is 0 Å². The van der Waals surface area contributed by atoms with Crippen molar-refractivity contribution < 1.29 is 0 Å². The van der Waals surface area contributed by atoms with Gasteiger partial charge in [-0.1, -0.05) is 66.7 Å². The van der Waals surface area contributed by atoms with Crippen LogP contribution in [0.5, 0.6) is 0 Å². The fraction of sp³-hybridized carbons (Fsp3) is 0. The first kappa shape index (κ1) is 19.7. The van der Waals surface area contributed by atoms with E-state index in [9.17, 15) is 0 Å². The van der Waals surface area contributed by atoms with E-state index in [1.54, 1.807) is 11.3 Å². The summed E-state index contributed by atoms with van der Waals surface area (Å²) in [5, 5.41) is 3.46. The topological polar surface area (TPSA) is 27.2 Å². The van der Waals surface area contributed by atoms with Crippen LogP contribution in [0.1, 0.15) is 0 Å². The van der Waals surface area contributed by atoms with Gasteiger partial charge in [0.25, 0.3) is 0 Å². The highest BCUT2D eigenvalue weighted by molar-refractivity contribution is 7.17. The molecular formula is C31H20N4S. The van der Waals surface area contributed by atoms with Gasteiger partial charge in [-0.15, -0.1) is 11.3 Å². The van der Waals surface area contributed by atoms with Gasteiger partial charge in [-0.3, -0.25) is 8.97 Å². The molecule has 0 unspecified atom stereocenters. The van der Waals surface area contributed by atoms with Crippen LogP contribution in [-0.4, -0.2) is 18.5 Å². The van der Waals surface area contributed by atoms with Crippen LogP contribution in [0, 0.1) is 0 Å². The minimum absolute atomic E-state index is 0.935. The monoisotopic (exact) mass is 480 g/mol. The molecule has 36 heavy (non-hydrogen) atoms. The van der Waals surface area contributed by atoms with E-state index in [1.165, 1.54) is 26.9 Å². The summed E-state index contributed by atoms with van der Waals surface area (Å²) in [5.74, 6) is 0.935. The summed E-state index contributed by atoms with van der Waals surface area (Å²) in [6.45, 7) is 0. The second kappa shape index (κ2) is 7.44. The van der Waals surface area contributed by atoms with E-state index in [-0.39, 0.29) is 0 Å². The number of hydrogen-bond donors (Lipinski definition) is 0. The predicted molar refractivity (Wildman–Crippen MR) is 150 cm³/mol. The van der Waals surface area contributed by atoms with E-state index >= 15 is 0 Å². The van der Waals surface area contributed by atoms with E-state index in [4.69, 9.17) is 4.98 Å². The zero-order chi connectivity index (χ0) is 23.6. The van der Waals surface area contributed by atoms with Gasteiger partial charge in [0.1, 0.15) is 10.3 Å². The minimum Gasteiger partial charge on any atom is -0.316 e. The van der Waals surface area contributed by atoms with Gasteiger partial charge in [0, 0.05) is 22.8 Å². The molecule has 0 amide bonds. The van der Waals surface area contributed by atoms with Crippen molar-refractivity contribution in [2.45, 2.75) is 0 Å². The van der Waals surface area contributed by atoms with Crippen molar-refractivity contribution in [3.63, 3.8) is 0 Å². The fourth-order valence-corrected chi connectivity index (χ4v) is 6.36. The van der Waals surface area contributed by atoms with Crippen molar-refractivity contribution in [3.05, 3.63) is 121 Å². The molecule has 0 saturated heterocycles. The van der Waals surface area contributed by atoms with Crippen LogP contribution in [0.25, 0.3) is 60.6 Å². The third kappa shape index (κ3) is 2.72. The summed E-state index contributed by atoms with van der Waals surface area (Å²) in [6.07, 6.45) is 2.14. The Kier molecular flexibility index (Phi) is 4.07. The van der Waals surface area contributed by atoms with Gasteiger partial charge in [0.05, 0.1) is 22.2 Å². The van der Waals surface area contributed by atoms with Gasteiger partial charge in [0.15, 0.2) is 0 Å². The van der Waals surface area contributed by atoms with Gasteiger partial charge in [-0.05, 0) is 53.4 Å². The van der Waals surface area contributed by atoms with Gasteiger partial charge < -0.3 is 4.57 Å². The molecule has 0 radical (unpaired) electrons. The Morgan fingerprint density at radius 2 is 1.39 bits per heavy atom. The molecule has 0 aliphatic heterocycles. The Morgan fingerprint density at radius 3 is 2.28 bits per heavy atom. The van der Waals surface area contributed by atoms with Crippen molar-refractivity contribution in [3.8, 4) is 22.5 Å². The zero-order valence-corrected chi connectivity index (χ0v) is 20.1. The fourth-order valence-electron chi connectivity index (χ4n) is 5.33. The van der Waals surface area contributed by atoms with Gasteiger partial charge >= 0.3 is 0 Å². The number of benzene rings is 4. The largest absolute Gasteiger partial charge is 0.316 e. The molecule has 4 aromatic heterocycles. The Hall–Kier alpha value is -4.61.